The number of nitrogens with zero attached hydrogens (tertiary/aromatic N) is 3. The molecule has 19 heavy (non-hydrogen) atoms. The van der Waals surface area contributed by atoms with E-state index in [-0.39, 0.29) is 10.3 Å². The Kier molecular flexibility index (Phi) is 3.14. The molecule has 1 aliphatic heterocycles. The predicted molar refractivity (Wildman–Crippen MR) is 78.8 cm³/mol. The number of hydrogen-bond donors (Lipinski definition) is 1. The van der Waals surface area contributed by atoms with Crippen LogP contribution in [0.1, 0.15) is 0 Å². The third-order valence-electron chi connectivity index (χ3n) is 2.48. The van der Waals surface area contributed by atoms with E-state index in [2.05, 4.69) is 13.7 Å². The lowest BCUT2D eigenvalue weighted by Gasteiger charge is -2.12. The smallest absolute Gasteiger partial charge is 0.251 e. The highest BCUT2D eigenvalue weighted by Gasteiger charge is 2.20. The number of halogens is 2. The molecule has 0 fully saturated rings. The van der Waals surface area contributed by atoms with Crippen LogP contribution < -0.4 is 5.56 Å². The van der Waals surface area contributed by atoms with Gasteiger partial charge in [0.05, 0.1) is 27.1 Å². The van der Waals surface area contributed by atoms with Gasteiger partial charge in [-0.15, -0.1) is 0 Å². The van der Waals surface area contributed by atoms with Gasteiger partial charge < -0.3 is 0 Å². The molecular weight excluding hydrogens is 327 g/mol. The van der Waals surface area contributed by atoms with Crippen LogP contribution in [-0.4, -0.2) is 9.55 Å². The van der Waals surface area contributed by atoms with Crippen molar-refractivity contribution in [1.29, 1.82) is 0 Å². The third-order valence-corrected chi connectivity index (χ3v) is 3.89. The number of H-pyrrole nitrogens is 1. The van der Waals surface area contributed by atoms with Crippen molar-refractivity contribution in [3.8, 4) is 5.69 Å². The van der Waals surface area contributed by atoms with Gasteiger partial charge in [-0.25, -0.2) is 0 Å². The third kappa shape index (κ3) is 2.08. The lowest BCUT2D eigenvalue weighted by atomic mass is 10.2. The second-order valence-corrected chi connectivity index (χ2v) is 5.36. The maximum absolute atomic E-state index is 11.2. The number of hydrogen-bond acceptors (Lipinski definition) is 4. The van der Waals surface area contributed by atoms with Crippen LogP contribution in [0.4, 0.5) is 11.4 Å². The molecule has 0 spiro atoms. The second-order valence-electron chi connectivity index (χ2n) is 3.63. The topological polar surface area (TPSA) is 62.5 Å². The van der Waals surface area contributed by atoms with Gasteiger partial charge in [-0.1, -0.05) is 23.2 Å². The van der Waals surface area contributed by atoms with Crippen LogP contribution in [0.2, 0.25) is 10.0 Å². The summed E-state index contributed by atoms with van der Waals surface area (Å²) in [6.45, 7) is 0. The van der Waals surface area contributed by atoms with E-state index in [1.54, 1.807) is 10.6 Å². The summed E-state index contributed by atoms with van der Waals surface area (Å²) in [6, 6.07) is 2.93. The molecule has 0 saturated heterocycles. The highest BCUT2D eigenvalue weighted by Crippen LogP contribution is 2.46. The van der Waals surface area contributed by atoms with Crippen molar-refractivity contribution in [2.75, 3.05) is 0 Å². The quantitative estimate of drug-likeness (QED) is 0.687. The van der Waals surface area contributed by atoms with Crippen LogP contribution in [-0.2, 0) is 11.4 Å². The zero-order chi connectivity index (χ0) is 13.6. The minimum Gasteiger partial charge on any atom is -0.299 e. The molecule has 1 aromatic heterocycles. The minimum absolute atomic E-state index is 0.228. The summed E-state index contributed by atoms with van der Waals surface area (Å²) in [4.78, 5) is 13.7. The first-order valence-corrected chi connectivity index (χ1v) is 6.90. The monoisotopic (exact) mass is 330 g/mol. The molecule has 0 aliphatic carbocycles. The molecule has 0 unspecified atom stereocenters. The highest BCUT2D eigenvalue weighted by atomic mass is 35.5. The molecule has 2 aromatic rings. The Balaban J connectivity index is 2.39. The van der Waals surface area contributed by atoms with E-state index in [0.29, 0.717) is 27.1 Å². The highest BCUT2D eigenvalue weighted by molar-refractivity contribution is 7.71. The average molecular weight is 331 g/mol. The lowest BCUT2D eigenvalue weighted by molar-refractivity contribution is 0.938. The molecule has 0 bridgehead atoms. The fourth-order valence-corrected chi connectivity index (χ4v) is 3.14. The van der Waals surface area contributed by atoms with Crippen molar-refractivity contribution >= 4 is 58.1 Å². The van der Waals surface area contributed by atoms with Gasteiger partial charge >= 0.3 is 0 Å². The molecule has 1 aliphatic rings. The van der Waals surface area contributed by atoms with Crippen molar-refractivity contribution in [2.24, 2.45) is 8.73 Å². The molecule has 2 heterocycles. The van der Waals surface area contributed by atoms with Crippen molar-refractivity contribution < 1.29 is 0 Å². The second kappa shape index (κ2) is 4.68. The Morgan fingerprint density at radius 3 is 2.74 bits per heavy atom. The van der Waals surface area contributed by atoms with Gasteiger partial charge in [0.2, 0.25) is 0 Å². The van der Waals surface area contributed by atoms with Gasteiger partial charge in [0.25, 0.3) is 5.56 Å². The van der Waals surface area contributed by atoms with E-state index in [4.69, 9.17) is 35.4 Å². The van der Waals surface area contributed by atoms with E-state index in [1.165, 1.54) is 12.3 Å². The molecular formula is C10H4Cl2N4OS2. The molecule has 5 nitrogen and oxygen atoms in total. The van der Waals surface area contributed by atoms with Crippen molar-refractivity contribution in [3.63, 3.8) is 0 Å². The van der Waals surface area contributed by atoms with E-state index >= 15 is 0 Å². The van der Waals surface area contributed by atoms with Crippen LogP contribution in [0.3, 0.4) is 0 Å². The first-order chi connectivity index (χ1) is 9.08. The lowest BCUT2D eigenvalue weighted by Crippen LogP contribution is -2.10. The average Bonchev–Trinajstić information content (AvgIpc) is 2.81. The summed E-state index contributed by atoms with van der Waals surface area (Å²) >= 11 is 18.4. The maximum Gasteiger partial charge on any atom is 0.251 e. The molecule has 0 radical (unpaired) electrons. The minimum atomic E-state index is -0.279. The van der Waals surface area contributed by atoms with Gasteiger partial charge in [0, 0.05) is 12.3 Å². The van der Waals surface area contributed by atoms with Crippen molar-refractivity contribution in [1.82, 2.24) is 9.55 Å². The van der Waals surface area contributed by atoms with Crippen LogP contribution in [0.25, 0.3) is 5.69 Å². The summed E-state index contributed by atoms with van der Waals surface area (Å²) in [6.07, 6.45) is 1.54. The van der Waals surface area contributed by atoms with Gasteiger partial charge in [0.1, 0.15) is 11.4 Å². The van der Waals surface area contributed by atoms with E-state index < -0.39 is 0 Å². The Bertz CT molecular complexity index is 880. The molecule has 3 rings (SSSR count). The summed E-state index contributed by atoms with van der Waals surface area (Å²) in [7, 11) is 0. The van der Waals surface area contributed by atoms with Crippen LogP contribution in [0.5, 0.6) is 0 Å². The fraction of sp³-hybridized carbons (Fsp3) is 0. The SMILES string of the molecule is O=c1ccn(-c2c(Cl)cc(Cl)c3c2N=S=N3)c(=S)[nH]1. The number of fused-ring (bicyclic) bond motifs is 1. The van der Waals surface area contributed by atoms with Gasteiger partial charge in [-0.3, -0.25) is 14.3 Å². The van der Waals surface area contributed by atoms with Crippen LogP contribution in [0.15, 0.2) is 31.8 Å². The van der Waals surface area contributed by atoms with Gasteiger partial charge in [0.15, 0.2) is 4.77 Å². The molecule has 1 N–H and O–H groups in total. The Morgan fingerprint density at radius 2 is 2.00 bits per heavy atom. The number of rotatable bonds is 1. The number of benzene rings is 1. The standard InChI is InChI=1S/C10H4Cl2N4OS2/c11-4-3-5(12)9(8-7(4)14-19-15-8)16-2-1-6(17)13-10(16)18/h1-3H,(H,13,17,18). The van der Waals surface area contributed by atoms with E-state index in [1.807, 2.05) is 0 Å². The zero-order valence-corrected chi connectivity index (χ0v) is 12.2. The number of aromatic amines is 1. The van der Waals surface area contributed by atoms with Crippen molar-refractivity contribution in [3.05, 3.63) is 43.5 Å². The van der Waals surface area contributed by atoms with E-state index in [9.17, 15) is 4.79 Å². The van der Waals surface area contributed by atoms with E-state index in [0.717, 1.165) is 11.4 Å². The number of nitrogens with one attached hydrogen (secondary N) is 1. The zero-order valence-electron chi connectivity index (χ0n) is 9.05. The summed E-state index contributed by atoms with van der Waals surface area (Å²) in [5, 5.41) is 0.807. The molecule has 0 atom stereocenters. The summed E-state index contributed by atoms with van der Waals surface area (Å²) in [5.74, 6) is 0. The summed E-state index contributed by atoms with van der Waals surface area (Å²) in [5.41, 5.74) is 1.37. The molecule has 96 valence electrons. The molecule has 0 saturated carbocycles. The van der Waals surface area contributed by atoms with Crippen LogP contribution >= 0.6 is 35.4 Å². The molecule has 1 aromatic carbocycles. The van der Waals surface area contributed by atoms with Gasteiger partial charge in [-0.2, -0.15) is 8.73 Å². The first-order valence-electron chi connectivity index (χ1n) is 5.00. The largest absolute Gasteiger partial charge is 0.299 e. The van der Waals surface area contributed by atoms with Gasteiger partial charge in [-0.05, 0) is 18.3 Å². The molecule has 9 heteroatoms. The fourth-order valence-electron chi connectivity index (χ4n) is 1.68. The normalized spacial score (nSPS) is 12.3. The Hall–Kier alpha value is -1.28. The maximum atomic E-state index is 11.2. The number of aromatic nitrogens is 2. The van der Waals surface area contributed by atoms with Crippen molar-refractivity contribution in [2.45, 2.75) is 0 Å². The Morgan fingerprint density at radius 1 is 1.26 bits per heavy atom. The summed E-state index contributed by atoms with van der Waals surface area (Å²) < 4.78 is 10.1. The molecule has 0 amide bonds. The first kappa shape index (κ1) is 12.7. The van der Waals surface area contributed by atoms with Crippen LogP contribution in [0, 0.1) is 4.77 Å². The predicted octanol–water partition coefficient (Wildman–Crippen LogP) is 3.93. The Labute approximate surface area is 125 Å².